The number of nitro groups is 1. The Bertz CT molecular complexity index is 938. The van der Waals surface area contributed by atoms with Crippen molar-refractivity contribution in [3.63, 3.8) is 0 Å². The number of benzene rings is 2. The summed E-state index contributed by atoms with van der Waals surface area (Å²) in [6.07, 6.45) is 0.544. The van der Waals surface area contributed by atoms with E-state index in [4.69, 9.17) is 5.73 Å². The van der Waals surface area contributed by atoms with Gasteiger partial charge in [0.15, 0.2) is 0 Å². The molecule has 0 bridgehead atoms. The van der Waals surface area contributed by atoms with Crippen molar-refractivity contribution in [2.45, 2.75) is 38.8 Å². The molecule has 0 spiro atoms. The van der Waals surface area contributed by atoms with Gasteiger partial charge in [-0.05, 0) is 48.6 Å². The molecule has 154 valence electrons. The zero-order valence-electron chi connectivity index (χ0n) is 17.0. The highest BCUT2D eigenvalue weighted by Crippen LogP contribution is 2.35. The first-order valence-corrected chi connectivity index (χ1v) is 10.1. The number of nitrogen functional groups attached to an aromatic ring is 1. The molecule has 1 aliphatic heterocycles. The fourth-order valence-electron chi connectivity index (χ4n) is 4.72. The highest BCUT2D eigenvalue weighted by Gasteiger charge is 2.35. The van der Waals surface area contributed by atoms with Crippen molar-refractivity contribution >= 4 is 17.1 Å². The lowest BCUT2D eigenvalue weighted by atomic mass is 9.83. The van der Waals surface area contributed by atoms with E-state index in [1.165, 1.54) is 22.9 Å². The molecule has 29 heavy (non-hydrogen) atoms. The van der Waals surface area contributed by atoms with Crippen LogP contribution in [0.4, 0.5) is 17.1 Å². The maximum atomic E-state index is 11.2. The quantitative estimate of drug-likeness (QED) is 0.470. The number of nitrogens with two attached hydrogens (primary N) is 1. The summed E-state index contributed by atoms with van der Waals surface area (Å²) in [6, 6.07) is 9.65. The third-order valence-electron chi connectivity index (χ3n) is 6.40. The molecule has 0 radical (unpaired) electrons. The van der Waals surface area contributed by atoms with Crippen molar-refractivity contribution in [2.24, 2.45) is 0 Å². The van der Waals surface area contributed by atoms with Gasteiger partial charge in [0.2, 0.25) is 0 Å². The summed E-state index contributed by atoms with van der Waals surface area (Å²) in [6.45, 7) is 7.73. The van der Waals surface area contributed by atoms with Crippen molar-refractivity contribution in [2.75, 3.05) is 36.8 Å². The van der Waals surface area contributed by atoms with Gasteiger partial charge >= 0.3 is 0 Å². The minimum Gasteiger partial charge on any atom is -0.393 e. The van der Waals surface area contributed by atoms with E-state index in [1.807, 2.05) is 0 Å². The van der Waals surface area contributed by atoms with E-state index in [0.29, 0.717) is 12.8 Å². The highest BCUT2D eigenvalue weighted by molar-refractivity contribution is 5.66. The maximum absolute atomic E-state index is 11.2. The molecule has 4 rings (SSSR count). The standard InChI is InChI=1S/C22H28N4O3/c1-14-3-4-15(2)19(11-14)24-7-9-25(10-8-24)20-13-17-16(12-21(20)27)5-6-18(22(17)23)26(28)29/h3-6,11,20-21,27H,7-10,12-13,23H2,1-2H3/t20-,21-/m1/s1. The molecule has 0 saturated carbocycles. The van der Waals surface area contributed by atoms with Gasteiger partial charge in [-0.25, -0.2) is 0 Å². The largest absolute Gasteiger partial charge is 0.393 e. The Morgan fingerprint density at radius 3 is 2.52 bits per heavy atom. The van der Waals surface area contributed by atoms with E-state index >= 15 is 0 Å². The van der Waals surface area contributed by atoms with Gasteiger partial charge in [0.1, 0.15) is 5.69 Å². The lowest BCUT2D eigenvalue weighted by Crippen LogP contribution is -2.56. The van der Waals surface area contributed by atoms with Crippen molar-refractivity contribution in [1.82, 2.24) is 4.90 Å². The normalized spacial score (nSPS) is 22.4. The third kappa shape index (κ3) is 3.68. The summed E-state index contributed by atoms with van der Waals surface area (Å²) in [4.78, 5) is 15.5. The summed E-state index contributed by atoms with van der Waals surface area (Å²) >= 11 is 0. The van der Waals surface area contributed by atoms with Crippen LogP contribution < -0.4 is 10.6 Å². The van der Waals surface area contributed by atoms with E-state index in [9.17, 15) is 15.2 Å². The van der Waals surface area contributed by atoms with Gasteiger partial charge in [-0.2, -0.15) is 0 Å². The molecular formula is C22H28N4O3. The van der Waals surface area contributed by atoms with E-state index in [2.05, 4.69) is 41.8 Å². The Kier molecular flexibility index (Phi) is 5.19. The second-order valence-electron chi connectivity index (χ2n) is 8.25. The molecule has 1 fully saturated rings. The lowest BCUT2D eigenvalue weighted by molar-refractivity contribution is -0.384. The minimum absolute atomic E-state index is 0.0429. The molecular weight excluding hydrogens is 368 g/mol. The van der Waals surface area contributed by atoms with Crippen molar-refractivity contribution < 1.29 is 10.0 Å². The second kappa shape index (κ2) is 7.65. The molecule has 1 aliphatic carbocycles. The predicted molar refractivity (Wildman–Crippen MR) is 114 cm³/mol. The lowest BCUT2D eigenvalue weighted by Gasteiger charge is -2.44. The Labute approximate surface area is 170 Å². The second-order valence-corrected chi connectivity index (χ2v) is 8.25. The Morgan fingerprint density at radius 2 is 1.83 bits per heavy atom. The number of nitro benzene ring substituents is 1. The number of anilines is 2. The number of hydrogen-bond acceptors (Lipinski definition) is 6. The van der Waals surface area contributed by atoms with Gasteiger partial charge in [-0.15, -0.1) is 0 Å². The van der Waals surface area contributed by atoms with Crippen molar-refractivity contribution in [3.05, 3.63) is 62.7 Å². The fourth-order valence-corrected chi connectivity index (χ4v) is 4.72. The predicted octanol–water partition coefficient (Wildman–Crippen LogP) is 2.44. The number of aliphatic hydroxyl groups is 1. The summed E-state index contributed by atoms with van der Waals surface area (Å²) < 4.78 is 0. The molecule has 7 nitrogen and oxygen atoms in total. The van der Waals surface area contributed by atoms with Crippen LogP contribution in [-0.4, -0.2) is 53.3 Å². The number of piperazine rings is 1. The van der Waals surface area contributed by atoms with E-state index in [-0.39, 0.29) is 17.4 Å². The van der Waals surface area contributed by atoms with Crippen molar-refractivity contribution in [3.8, 4) is 0 Å². The monoisotopic (exact) mass is 396 g/mol. The van der Waals surface area contributed by atoms with Crippen LogP contribution in [0.1, 0.15) is 22.3 Å². The van der Waals surface area contributed by atoms with Gasteiger partial charge in [-0.3, -0.25) is 15.0 Å². The Balaban J connectivity index is 1.50. The van der Waals surface area contributed by atoms with Gasteiger partial charge in [0, 0.05) is 50.4 Å². The number of aryl methyl sites for hydroxylation is 2. The summed E-state index contributed by atoms with van der Waals surface area (Å²) in [7, 11) is 0. The molecule has 0 amide bonds. The molecule has 2 aromatic carbocycles. The Morgan fingerprint density at radius 1 is 1.10 bits per heavy atom. The van der Waals surface area contributed by atoms with E-state index in [0.717, 1.165) is 37.3 Å². The average molecular weight is 396 g/mol. The van der Waals surface area contributed by atoms with Gasteiger partial charge < -0.3 is 15.7 Å². The molecule has 0 unspecified atom stereocenters. The topological polar surface area (TPSA) is 95.9 Å². The Hall–Kier alpha value is -2.64. The number of aliphatic hydroxyl groups excluding tert-OH is 1. The van der Waals surface area contributed by atoms with Crippen LogP contribution in [0.2, 0.25) is 0 Å². The fraction of sp³-hybridized carbons (Fsp3) is 0.455. The summed E-state index contributed by atoms with van der Waals surface area (Å²) in [5, 5.41) is 22.0. The molecule has 0 aromatic heterocycles. The number of fused-ring (bicyclic) bond motifs is 1. The first kappa shape index (κ1) is 19.7. The smallest absolute Gasteiger partial charge is 0.292 e. The zero-order valence-corrected chi connectivity index (χ0v) is 17.0. The van der Waals surface area contributed by atoms with Crippen LogP contribution in [0, 0.1) is 24.0 Å². The molecule has 1 saturated heterocycles. The SMILES string of the molecule is Cc1ccc(C)c(N2CCN([C@@H]3Cc4c(ccc([N+](=O)[O-])c4N)C[C@H]3O)CC2)c1. The first-order valence-electron chi connectivity index (χ1n) is 10.1. The van der Waals surface area contributed by atoms with Gasteiger partial charge in [0.25, 0.3) is 5.69 Å². The molecule has 2 atom stereocenters. The molecule has 2 aromatic rings. The first-order chi connectivity index (χ1) is 13.8. The number of rotatable bonds is 3. The zero-order chi connectivity index (χ0) is 20.7. The average Bonchev–Trinajstić information content (AvgIpc) is 2.70. The van der Waals surface area contributed by atoms with Crippen molar-refractivity contribution in [1.29, 1.82) is 0 Å². The molecule has 7 heteroatoms. The summed E-state index contributed by atoms with van der Waals surface area (Å²) in [5.74, 6) is 0. The maximum Gasteiger partial charge on any atom is 0.292 e. The van der Waals surface area contributed by atoms with Crippen LogP contribution in [0.25, 0.3) is 0 Å². The van der Waals surface area contributed by atoms with Crippen LogP contribution in [0.3, 0.4) is 0 Å². The molecule has 2 aliphatic rings. The van der Waals surface area contributed by atoms with Crippen LogP contribution in [-0.2, 0) is 12.8 Å². The van der Waals surface area contributed by atoms with Gasteiger partial charge in [0.05, 0.1) is 11.0 Å². The van der Waals surface area contributed by atoms with E-state index < -0.39 is 11.0 Å². The van der Waals surface area contributed by atoms with Crippen LogP contribution in [0.15, 0.2) is 30.3 Å². The number of hydrogen-bond donors (Lipinski definition) is 2. The minimum atomic E-state index is -0.490. The van der Waals surface area contributed by atoms with Gasteiger partial charge in [-0.1, -0.05) is 18.2 Å². The third-order valence-corrected chi connectivity index (χ3v) is 6.40. The molecule has 1 heterocycles. The van der Waals surface area contributed by atoms with E-state index in [1.54, 1.807) is 6.07 Å². The molecule has 3 N–H and O–H groups in total. The summed E-state index contributed by atoms with van der Waals surface area (Å²) in [5.41, 5.74) is 11.9. The van der Waals surface area contributed by atoms with Crippen LogP contribution >= 0.6 is 0 Å². The van der Waals surface area contributed by atoms with Crippen LogP contribution in [0.5, 0.6) is 0 Å². The number of nitrogens with zero attached hydrogens (tertiary/aromatic N) is 3. The highest BCUT2D eigenvalue weighted by atomic mass is 16.6.